The van der Waals surface area contributed by atoms with E-state index in [0.29, 0.717) is 19.4 Å². The lowest BCUT2D eigenvalue weighted by Crippen LogP contribution is -2.40. The molecule has 0 atom stereocenters. The van der Waals surface area contributed by atoms with Crippen molar-refractivity contribution < 1.29 is 15.0 Å². The van der Waals surface area contributed by atoms with E-state index in [2.05, 4.69) is 5.32 Å². The number of aliphatic hydroxyl groups is 2. The molecule has 0 aromatic carbocycles. The van der Waals surface area contributed by atoms with Gasteiger partial charge in [-0.25, -0.2) is 0 Å². The monoisotopic (exact) mass is 176 g/mol. The van der Waals surface area contributed by atoms with Gasteiger partial charge in [0.25, 0.3) is 0 Å². The molecule has 0 aromatic rings. The topological polar surface area (TPSA) is 95.6 Å². The molecule has 0 saturated carbocycles. The molecule has 0 aliphatic carbocycles. The van der Waals surface area contributed by atoms with E-state index < -0.39 is 6.04 Å². The molecule has 0 aromatic heterocycles. The molecule has 0 heterocycles. The molecule has 0 aliphatic rings. The largest absolute Gasteiger partial charge is 0.394 e. The Balaban J connectivity index is 3.52. The van der Waals surface area contributed by atoms with Crippen LogP contribution >= 0.6 is 0 Å². The van der Waals surface area contributed by atoms with E-state index in [-0.39, 0.29) is 19.1 Å². The van der Waals surface area contributed by atoms with Gasteiger partial charge in [0.15, 0.2) is 0 Å². The van der Waals surface area contributed by atoms with Crippen LogP contribution in [0.5, 0.6) is 0 Å². The standard InChI is InChI=1S/C7H16N2O3/c8-3-1-2-7(12)9-6(4-10)5-11/h6,10-11H,1-5,8H2,(H,9,12). The van der Waals surface area contributed by atoms with Crippen molar-refractivity contribution in [1.29, 1.82) is 0 Å². The molecule has 1 amide bonds. The van der Waals surface area contributed by atoms with Crippen LogP contribution in [0.1, 0.15) is 12.8 Å². The summed E-state index contributed by atoms with van der Waals surface area (Å²) >= 11 is 0. The number of carbonyl (C=O) groups excluding carboxylic acids is 1. The molecule has 5 nitrogen and oxygen atoms in total. The minimum Gasteiger partial charge on any atom is -0.394 e. The third-order valence-corrected chi connectivity index (χ3v) is 1.41. The maximum atomic E-state index is 10.9. The fourth-order valence-corrected chi connectivity index (χ4v) is 0.711. The first-order chi connectivity index (χ1) is 5.74. The molecule has 72 valence electrons. The van der Waals surface area contributed by atoms with Crippen molar-refractivity contribution in [1.82, 2.24) is 5.32 Å². The number of rotatable bonds is 6. The van der Waals surface area contributed by atoms with E-state index in [1.54, 1.807) is 0 Å². The second-order valence-corrected chi connectivity index (χ2v) is 2.52. The quantitative estimate of drug-likeness (QED) is 0.384. The Morgan fingerprint density at radius 1 is 1.42 bits per heavy atom. The van der Waals surface area contributed by atoms with Crippen molar-refractivity contribution in [2.75, 3.05) is 19.8 Å². The number of nitrogens with one attached hydrogen (secondary N) is 1. The fraction of sp³-hybridized carbons (Fsp3) is 0.857. The summed E-state index contributed by atoms with van der Waals surface area (Å²) in [7, 11) is 0. The first-order valence-corrected chi connectivity index (χ1v) is 3.95. The van der Waals surface area contributed by atoms with E-state index in [9.17, 15) is 4.79 Å². The van der Waals surface area contributed by atoms with Crippen LogP contribution in [0, 0.1) is 0 Å². The van der Waals surface area contributed by atoms with Gasteiger partial charge in [0.1, 0.15) is 0 Å². The highest BCUT2D eigenvalue weighted by Gasteiger charge is 2.08. The average molecular weight is 176 g/mol. The van der Waals surface area contributed by atoms with E-state index >= 15 is 0 Å². The third-order valence-electron chi connectivity index (χ3n) is 1.41. The Kier molecular flexibility index (Phi) is 6.64. The molecule has 5 N–H and O–H groups in total. The molecule has 0 radical (unpaired) electrons. The highest BCUT2D eigenvalue weighted by atomic mass is 16.3. The van der Waals surface area contributed by atoms with Crippen LogP contribution in [0.25, 0.3) is 0 Å². The minimum absolute atomic E-state index is 0.187. The first-order valence-electron chi connectivity index (χ1n) is 3.95. The Morgan fingerprint density at radius 3 is 2.42 bits per heavy atom. The van der Waals surface area contributed by atoms with Crippen molar-refractivity contribution in [3.8, 4) is 0 Å². The predicted molar refractivity (Wildman–Crippen MR) is 44.4 cm³/mol. The van der Waals surface area contributed by atoms with E-state index in [0.717, 1.165) is 0 Å². The molecule has 0 unspecified atom stereocenters. The van der Waals surface area contributed by atoms with Crippen LogP contribution in [0.2, 0.25) is 0 Å². The lowest BCUT2D eigenvalue weighted by atomic mass is 10.2. The summed E-state index contributed by atoms with van der Waals surface area (Å²) in [6.07, 6.45) is 0.961. The van der Waals surface area contributed by atoms with Gasteiger partial charge in [-0.05, 0) is 13.0 Å². The van der Waals surface area contributed by atoms with Gasteiger partial charge < -0.3 is 21.3 Å². The number of nitrogens with two attached hydrogens (primary N) is 1. The molecule has 0 rings (SSSR count). The second kappa shape index (κ2) is 7.02. The van der Waals surface area contributed by atoms with Crippen molar-refractivity contribution in [2.24, 2.45) is 5.73 Å². The number of hydrogen-bond donors (Lipinski definition) is 4. The summed E-state index contributed by atoms with van der Waals surface area (Å²) in [5.41, 5.74) is 5.19. The minimum atomic E-state index is -0.546. The van der Waals surface area contributed by atoms with Gasteiger partial charge in [-0.2, -0.15) is 0 Å². The molecule has 5 heteroatoms. The molecular formula is C7H16N2O3. The highest BCUT2D eigenvalue weighted by Crippen LogP contribution is 1.88. The van der Waals surface area contributed by atoms with Gasteiger partial charge in [0.05, 0.1) is 19.3 Å². The Hall–Kier alpha value is -0.650. The third kappa shape index (κ3) is 5.06. The van der Waals surface area contributed by atoms with E-state index in [4.69, 9.17) is 15.9 Å². The van der Waals surface area contributed by atoms with Crippen LogP contribution in [0.4, 0.5) is 0 Å². The molecule has 12 heavy (non-hydrogen) atoms. The first kappa shape index (κ1) is 11.4. The normalized spacial score (nSPS) is 10.3. The summed E-state index contributed by atoms with van der Waals surface area (Å²) in [6, 6.07) is -0.546. The molecule has 0 fully saturated rings. The van der Waals surface area contributed by atoms with Crippen LogP contribution < -0.4 is 11.1 Å². The van der Waals surface area contributed by atoms with Crippen LogP contribution in [-0.2, 0) is 4.79 Å². The lowest BCUT2D eigenvalue weighted by Gasteiger charge is -2.12. The van der Waals surface area contributed by atoms with E-state index in [1.807, 2.05) is 0 Å². The maximum Gasteiger partial charge on any atom is 0.220 e. The summed E-state index contributed by atoms with van der Waals surface area (Å²) in [5.74, 6) is -0.187. The zero-order valence-electron chi connectivity index (χ0n) is 6.99. The van der Waals surface area contributed by atoms with Crippen LogP contribution in [0.15, 0.2) is 0 Å². The molecule has 0 aliphatic heterocycles. The van der Waals surface area contributed by atoms with Gasteiger partial charge in [-0.1, -0.05) is 0 Å². The molecule has 0 spiro atoms. The zero-order valence-corrected chi connectivity index (χ0v) is 6.99. The van der Waals surface area contributed by atoms with Crippen molar-refractivity contribution in [3.05, 3.63) is 0 Å². The number of carbonyl (C=O) groups is 1. The molecular weight excluding hydrogens is 160 g/mol. The Morgan fingerprint density at radius 2 is 2.00 bits per heavy atom. The van der Waals surface area contributed by atoms with Crippen molar-refractivity contribution in [3.63, 3.8) is 0 Å². The number of amides is 1. The Bertz CT molecular complexity index is 126. The molecule has 0 saturated heterocycles. The summed E-state index contributed by atoms with van der Waals surface area (Å²) in [6.45, 7) is -0.0218. The van der Waals surface area contributed by atoms with Gasteiger partial charge in [-0.15, -0.1) is 0 Å². The summed E-state index contributed by atoms with van der Waals surface area (Å²) in [5, 5.41) is 19.7. The lowest BCUT2D eigenvalue weighted by molar-refractivity contribution is -0.122. The fourth-order valence-electron chi connectivity index (χ4n) is 0.711. The maximum absolute atomic E-state index is 10.9. The summed E-state index contributed by atoms with van der Waals surface area (Å²) < 4.78 is 0. The smallest absolute Gasteiger partial charge is 0.220 e. The van der Waals surface area contributed by atoms with Crippen molar-refractivity contribution in [2.45, 2.75) is 18.9 Å². The second-order valence-electron chi connectivity index (χ2n) is 2.52. The zero-order chi connectivity index (χ0) is 9.40. The Labute approximate surface area is 71.6 Å². The SMILES string of the molecule is NCCCC(=O)NC(CO)CO. The van der Waals surface area contributed by atoms with Gasteiger partial charge >= 0.3 is 0 Å². The average Bonchev–Trinajstić information content (AvgIpc) is 2.10. The van der Waals surface area contributed by atoms with Gasteiger partial charge in [0, 0.05) is 6.42 Å². The van der Waals surface area contributed by atoms with Crippen molar-refractivity contribution >= 4 is 5.91 Å². The molecule has 0 bridgehead atoms. The predicted octanol–water partition coefficient (Wildman–Crippen LogP) is -1.81. The summed E-state index contributed by atoms with van der Waals surface area (Å²) in [4.78, 5) is 10.9. The van der Waals surface area contributed by atoms with Crippen LogP contribution in [-0.4, -0.2) is 41.9 Å². The highest BCUT2D eigenvalue weighted by molar-refractivity contribution is 5.76. The van der Waals surface area contributed by atoms with Gasteiger partial charge in [0.2, 0.25) is 5.91 Å². The number of hydrogen-bond acceptors (Lipinski definition) is 4. The van der Waals surface area contributed by atoms with Gasteiger partial charge in [-0.3, -0.25) is 4.79 Å². The van der Waals surface area contributed by atoms with E-state index in [1.165, 1.54) is 0 Å². The number of aliphatic hydroxyl groups excluding tert-OH is 2. The van der Waals surface area contributed by atoms with Crippen LogP contribution in [0.3, 0.4) is 0 Å².